The van der Waals surface area contributed by atoms with Crippen LogP contribution in [0.3, 0.4) is 0 Å². The molecule has 3 atom stereocenters. The predicted molar refractivity (Wildman–Crippen MR) is 105 cm³/mol. The van der Waals surface area contributed by atoms with Crippen molar-refractivity contribution < 1.29 is 22.6 Å². The van der Waals surface area contributed by atoms with Gasteiger partial charge in [0.2, 0.25) is 0 Å². The van der Waals surface area contributed by atoms with E-state index in [0.29, 0.717) is 41.1 Å². The molecule has 2 N–H and O–H groups in total. The Balaban J connectivity index is 1.26. The van der Waals surface area contributed by atoms with E-state index in [2.05, 4.69) is 19.2 Å². The molecular weight excluding hydrogens is 411 g/mol. The SMILES string of the molecule is Nc1ncc(-c2cn(C3[C@H]4CN(C5COC5)C[C@@H]34)c(CC3CC3)n2)cc1OC(F)(F)F. The van der Waals surface area contributed by atoms with Crippen LogP contribution in [-0.2, 0) is 11.2 Å². The number of alkyl halides is 3. The number of piperidine rings is 1. The number of nitrogens with zero attached hydrogens (tertiary/aromatic N) is 4. The first-order valence-corrected chi connectivity index (χ1v) is 10.8. The van der Waals surface area contributed by atoms with Gasteiger partial charge in [-0.1, -0.05) is 0 Å². The third-order valence-corrected chi connectivity index (χ3v) is 7.02. The second-order valence-corrected chi connectivity index (χ2v) is 9.22. The monoisotopic (exact) mass is 435 g/mol. The highest BCUT2D eigenvalue weighted by atomic mass is 19.4. The smallest absolute Gasteiger partial charge is 0.402 e. The summed E-state index contributed by atoms with van der Waals surface area (Å²) in [7, 11) is 0. The summed E-state index contributed by atoms with van der Waals surface area (Å²) in [6, 6.07) is 2.25. The topological polar surface area (TPSA) is 78.4 Å². The van der Waals surface area contributed by atoms with Gasteiger partial charge in [-0.25, -0.2) is 9.97 Å². The minimum Gasteiger partial charge on any atom is -0.402 e. The van der Waals surface area contributed by atoms with Gasteiger partial charge in [0.05, 0.1) is 24.9 Å². The number of hydrogen-bond acceptors (Lipinski definition) is 6. The number of anilines is 1. The average molecular weight is 435 g/mol. The Morgan fingerprint density at radius 2 is 1.94 bits per heavy atom. The number of fused-ring (bicyclic) bond motifs is 1. The summed E-state index contributed by atoms with van der Waals surface area (Å²) >= 11 is 0. The van der Waals surface area contributed by atoms with Crippen LogP contribution in [0.25, 0.3) is 11.3 Å². The lowest BCUT2D eigenvalue weighted by molar-refractivity contribution is -0.274. The number of ether oxygens (including phenoxy) is 2. The summed E-state index contributed by atoms with van der Waals surface area (Å²) in [6.07, 6.45) is 1.93. The number of nitrogen functional groups attached to an aromatic ring is 1. The fraction of sp³-hybridized carbons (Fsp3) is 0.619. The van der Waals surface area contributed by atoms with E-state index >= 15 is 0 Å². The second kappa shape index (κ2) is 6.83. The molecule has 31 heavy (non-hydrogen) atoms. The van der Waals surface area contributed by atoms with Gasteiger partial charge >= 0.3 is 6.36 Å². The van der Waals surface area contributed by atoms with Gasteiger partial charge in [0.25, 0.3) is 0 Å². The van der Waals surface area contributed by atoms with Crippen molar-refractivity contribution in [2.75, 3.05) is 32.0 Å². The zero-order valence-electron chi connectivity index (χ0n) is 16.9. The van der Waals surface area contributed by atoms with Gasteiger partial charge in [-0.2, -0.15) is 0 Å². The Morgan fingerprint density at radius 1 is 1.19 bits per heavy atom. The molecule has 0 spiro atoms. The third-order valence-electron chi connectivity index (χ3n) is 7.02. The molecule has 2 aromatic rings. The Morgan fingerprint density at radius 3 is 2.55 bits per heavy atom. The van der Waals surface area contributed by atoms with E-state index in [0.717, 1.165) is 38.5 Å². The van der Waals surface area contributed by atoms with E-state index in [1.165, 1.54) is 25.1 Å². The summed E-state index contributed by atoms with van der Waals surface area (Å²) in [5.41, 5.74) is 6.67. The molecule has 6 rings (SSSR count). The van der Waals surface area contributed by atoms with Crippen molar-refractivity contribution in [1.29, 1.82) is 0 Å². The summed E-state index contributed by atoms with van der Waals surface area (Å²) in [6.45, 7) is 3.82. The van der Waals surface area contributed by atoms with E-state index in [1.807, 2.05) is 6.20 Å². The fourth-order valence-corrected chi connectivity index (χ4v) is 5.03. The molecule has 2 aromatic heterocycles. The van der Waals surface area contributed by atoms with Crippen molar-refractivity contribution in [2.24, 2.45) is 17.8 Å². The van der Waals surface area contributed by atoms with Crippen LogP contribution in [0, 0.1) is 17.8 Å². The van der Waals surface area contributed by atoms with Crippen LogP contribution in [-0.4, -0.2) is 58.1 Å². The first kappa shape index (κ1) is 19.4. The van der Waals surface area contributed by atoms with Crippen molar-refractivity contribution in [3.05, 3.63) is 24.3 Å². The highest BCUT2D eigenvalue weighted by Crippen LogP contribution is 2.56. The molecule has 10 heteroatoms. The van der Waals surface area contributed by atoms with Crippen LogP contribution >= 0.6 is 0 Å². The highest BCUT2D eigenvalue weighted by molar-refractivity contribution is 5.64. The van der Waals surface area contributed by atoms with Gasteiger partial charge in [-0.3, -0.25) is 4.90 Å². The van der Waals surface area contributed by atoms with E-state index in [9.17, 15) is 13.2 Å². The maximum Gasteiger partial charge on any atom is 0.573 e. The molecule has 2 aliphatic carbocycles. The summed E-state index contributed by atoms with van der Waals surface area (Å²) in [4.78, 5) is 11.2. The van der Waals surface area contributed by atoms with Crippen LogP contribution in [0.15, 0.2) is 18.5 Å². The fourth-order valence-electron chi connectivity index (χ4n) is 5.03. The van der Waals surface area contributed by atoms with Crippen LogP contribution in [0.4, 0.5) is 19.0 Å². The summed E-state index contributed by atoms with van der Waals surface area (Å²) in [5, 5.41) is 0. The minimum absolute atomic E-state index is 0.296. The molecule has 0 aromatic carbocycles. The number of imidazole rings is 1. The Labute approximate surface area is 177 Å². The molecule has 0 bridgehead atoms. The lowest BCUT2D eigenvalue weighted by Crippen LogP contribution is -2.49. The van der Waals surface area contributed by atoms with Crippen molar-refractivity contribution in [1.82, 2.24) is 19.4 Å². The van der Waals surface area contributed by atoms with Gasteiger partial charge < -0.3 is 19.8 Å². The van der Waals surface area contributed by atoms with Gasteiger partial charge in [0.15, 0.2) is 11.6 Å². The molecule has 2 saturated heterocycles. The molecule has 1 unspecified atom stereocenters. The van der Waals surface area contributed by atoms with Gasteiger partial charge in [0.1, 0.15) is 5.82 Å². The number of rotatable bonds is 6. The lowest BCUT2D eigenvalue weighted by atomic mass is 10.2. The molecule has 4 aliphatic rings. The second-order valence-electron chi connectivity index (χ2n) is 9.22. The molecule has 4 fully saturated rings. The predicted octanol–water partition coefficient (Wildman–Crippen LogP) is 2.88. The van der Waals surface area contributed by atoms with Gasteiger partial charge in [-0.15, -0.1) is 13.2 Å². The molecular formula is C21H24F3N5O2. The normalized spacial score (nSPS) is 28.4. The maximum atomic E-state index is 12.7. The molecule has 2 aliphatic heterocycles. The number of halogens is 3. The average Bonchev–Trinajstić information content (AvgIpc) is 3.50. The van der Waals surface area contributed by atoms with E-state index in [4.69, 9.17) is 15.5 Å². The number of nitrogens with two attached hydrogens (primary N) is 1. The summed E-state index contributed by atoms with van der Waals surface area (Å²) < 4.78 is 49.7. The van der Waals surface area contributed by atoms with Crippen molar-refractivity contribution >= 4 is 5.82 Å². The quantitative estimate of drug-likeness (QED) is 0.752. The van der Waals surface area contributed by atoms with Crippen LogP contribution in [0.5, 0.6) is 5.75 Å². The minimum atomic E-state index is -4.83. The Kier molecular flexibility index (Phi) is 4.27. The molecule has 0 radical (unpaired) electrons. The van der Waals surface area contributed by atoms with Crippen molar-refractivity contribution in [3.63, 3.8) is 0 Å². The highest BCUT2D eigenvalue weighted by Gasteiger charge is 2.58. The van der Waals surface area contributed by atoms with Crippen LogP contribution in [0.1, 0.15) is 24.7 Å². The molecule has 166 valence electrons. The van der Waals surface area contributed by atoms with Gasteiger partial charge in [-0.05, 0) is 36.7 Å². The lowest BCUT2D eigenvalue weighted by Gasteiger charge is -2.36. The maximum absolute atomic E-state index is 12.7. The van der Waals surface area contributed by atoms with Crippen LogP contribution < -0.4 is 10.5 Å². The number of pyridine rings is 1. The Hall–Kier alpha value is -2.33. The molecule has 0 amide bonds. The summed E-state index contributed by atoms with van der Waals surface area (Å²) in [5.74, 6) is 2.10. The van der Waals surface area contributed by atoms with Gasteiger partial charge in [0, 0.05) is 43.5 Å². The molecule has 4 heterocycles. The number of aromatic nitrogens is 3. The first-order chi connectivity index (χ1) is 14.9. The Bertz CT molecular complexity index is 989. The van der Waals surface area contributed by atoms with E-state index < -0.39 is 12.1 Å². The van der Waals surface area contributed by atoms with E-state index in [1.54, 1.807) is 0 Å². The zero-order valence-corrected chi connectivity index (χ0v) is 16.9. The molecule has 7 nitrogen and oxygen atoms in total. The van der Waals surface area contributed by atoms with E-state index in [-0.39, 0.29) is 5.82 Å². The molecule has 2 saturated carbocycles. The van der Waals surface area contributed by atoms with Crippen molar-refractivity contribution in [3.8, 4) is 17.0 Å². The van der Waals surface area contributed by atoms with Crippen LogP contribution in [0.2, 0.25) is 0 Å². The van der Waals surface area contributed by atoms with Crippen molar-refractivity contribution in [2.45, 2.75) is 37.7 Å². The third kappa shape index (κ3) is 3.65. The zero-order chi connectivity index (χ0) is 21.3. The first-order valence-electron chi connectivity index (χ1n) is 10.8. The standard InChI is InChI=1S/C21H24F3N5O2/c22-21(23,24)31-17-4-12(5-26-20(17)25)16-8-29(18(27-16)3-11-1-2-11)19-14-6-28(7-15(14)19)13-9-30-10-13/h4-5,8,11,13-15,19H,1-3,6-7,9-10H2,(H2,25,26)/t14-,15+,19?. The largest absolute Gasteiger partial charge is 0.573 e. The number of likely N-dealkylation sites (tertiary alicyclic amines) is 1. The number of hydrogen-bond donors (Lipinski definition) is 1.